The van der Waals surface area contributed by atoms with E-state index in [2.05, 4.69) is 15.5 Å². The second-order valence-electron chi connectivity index (χ2n) is 3.60. The molecule has 18 heavy (non-hydrogen) atoms. The first kappa shape index (κ1) is 12.1. The van der Waals surface area contributed by atoms with Gasteiger partial charge in [-0.15, -0.1) is 0 Å². The highest BCUT2D eigenvalue weighted by atomic mass is 16.5. The summed E-state index contributed by atoms with van der Waals surface area (Å²) in [6.07, 6.45) is 2.39. The molecule has 0 saturated heterocycles. The molecule has 94 valence electrons. The Balaban J connectivity index is 1.81. The third-order valence-corrected chi connectivity index (χ3v) is 2.28. The van der Waals surface area contributed by atoms with E-state index in [1.54, 1.807) is 24.4 Å². The molecule has 1 amide bonds. The SMILES string of the molecule is COc1cc(CCC(=O)Nc2ccccn2)on1. The summed E-state index contributed by atoms with van der Waals surface area (Å²) < 4.78 is 9.87. The Morgan fingerprint density at radius 2 is 2.39 bits per heavy atom. The van der Waals surface area contributed by atoms with Gasteiger partial charge in [-0.05, 0) is 17.3 Å². The van der Waals surface area contributed by atoms with Gasteiger partial charge in [0.05, 0.1) is 7.11 Å². The molecule has 0 aliphatic rings. The largest absolute Gasteiger partial charge is 0.479 e. The van der Waals surface area contributed by atoms with Gasteiger partial charge in [0.25, 0.3) is 5.88 Å². The zero-order chi connectivity index (χ0) is 12.8. The lowest BCUT2D eigenvalue weighted by Crippen LogP contribution is -2.12. The molecule has 0 saturated carbocycles. The standard InChI is InChI=1S/C12H13N3O3/c1-17-12-8-9(18-15-12)5-6-11(16)14-10-4-2-3-7-13-10/h2-4,7-8H,5-6H2,1H3,(H,13,14,16). The van der Waals surface area contributed by atoms with Crippen molar-refractivity contribution in [3.63, 3.8) is 0 Å². The Morgan fingerprint density at radius 1 is 1.50 bits per heavy atom. The molecule has 0 unspecified atom stereocenters. The van der Waals surface area contributed by atoms with Crippen LogP contribution in [0.25, 0.3) is 0 Å². The summed E-state index contributed by atoms with van der Waals surface area (Å²) in [7, 11) is 1.51. The van der Waals surface area contributed by atoms with Gasteiger partial charge in [0.2, 0.25) is 5.91 Å². The van der Waals surface area contributed by atoms with Crippen molar-refractivity contribution in [2.75, 3.05) is 12.4 Å². The minimum Gasteiger partial charge on any atom is -0.479 e. The van der Waals surface area contributed by atoms with Crippen LogP contribution in [0.4, 0.5) is 5.82 Å². The number of rotatable bonds is 5. The maximum Gasteiger partial charge on any atom is 0.254 e. The summed E-state index contributed by atoms with van der Waals surface area (Å²) in [5.74, 6) is 1.44. The summed E-state index contributed by atoms with van der Waals surface area (Å²) in [5, 5.41) is 6.34. The number of pyridine rings is 1. The van der Waals surface area contributed by atoms with Crippen LogP contribution in [0.3, 0.4) is 0 Å². The van der Waals surface area contributed by atoms with E-state index in [0.717, 1.165) is 0 Å². The quantitative estimate of drug-likeness (QED) is 0.869. The van der Waals surface area contributed by atoms with Crippen LogP contribution in [0.1, 0.15) is 12.2 Å². The van der Waals surface area contributed by atoms with E-state index >= 15 is 0 Å². The van der Waals surface area contributed by atoms with E-state index < -0.39 is 0 Å². The first-order chi connectivity index (χ1) is 8.78. The van der Waals surface area contributed by atoms with E-state index in [0.29, 0.717) is 30.3 Å². The maximum absolute atomic E-state index is 11.6. The average molecular weight is 247 g/mol. The van der Waals surface area contributed by atoms with Crippen molar-refractivity contribution in [1.82, 2.24) is 10.1 Å². The van der Waals surface area contributed by atoms with Gasteiger partial charge in [-0.2, -0.15) is 0 Å². The fraction of sp³-hybridized carbons (Fsp3) is 0.250. The van der Waals surface area contributed by atoms with Crippen LogP contribution in [0, 0.1) is 0 Å². The highest BCUT2D eigenvalue weighted by Crippen LogP contribution is 2.12. The van der Waals surface area contributed by atoms with Crippen molar-refractivity contribution in [2.24, 2.45) is 0 Å². The number of nitrogens with zero attached hydrogens (tertiary/aromatic N) is 2. The number of ether oxygens (including phenoxy) is 1. The fourth-order valence-electron chi connectivity index (χ4n) is 1.39. The molecule has 6 nitrogen and oxygen atoms in total. The number of aryl methyl sites for hydroxylation is 1. The Bertz CT molecular complexity index is 510. The maximum atomic E-state index is 11.6. The Labute approximate surface area is 104 Å². The normalized spacial score (nSPS) is 10.1. The van der Waals surface area contributed by atoms with Crippen molar-refractivity contribution in [2.45, 2.75) is 12.8 Å². The molecule has 2 aromatic heterocycles. The van der Waals surface area contributed by atoms with E-state index in [-0.39, 0.29) is 5.91 Å². The first-order valence-electron chi connectivity index (χ1n) is 5.48. The number of carbonyl (C=O) groups is 1. The summed E-state index contributed by atoms with van der Waals surface area (Å²) in [4.78, 5) is 15.6. The third kappa shape index (κ3) is 3.31. The first-order valence-corrected chi connectivity index (χ1v) is 5.48. The minimum absolute atomic E-state index is 0.121. The Morgan fingerprint density at radius 3 is 3.06 bits per heavy atom. The Hall–Kier alpha value is -2.37. The van der Waals surface area contributed by atoms with Gasteiger partial charge in [-0.1, -0.05) is 6.07 Å². The number of carbonyl (C=O) groups excluding carboxylic acids is 1. The zero-order valence-corrected chi connectivity index (χ0v) is 9.92. The molecule has 6 heteroatoms. The lowest BCUT2D eigenvalue weighted by molar-refractivity contribution is -0.116. The minimum atomic E-state index is -0.121. The van der Waals surface area contributed by atoms with Crippen molar-refractivity contribution >= 4 is 11.7 Å². The van der Waals surface area contributed by atoms with Crippen LogP contribution < -0.4 is 10.1 Å². The molecule has 0 aliphatic carbocycles. The average Bonchev–Trinajstić information content (AvgIpc) is 2.85. The topological polar surface area (TPSA) is 77.2 Å². The molecule has 0 atom stereocenters. The molecule has 2 aromatic rings. The van der Waals surface area contributed by atoms with Gasteiger partial charge < -0.3 is 14.6 Å². The molecule has 2 heterocycles. The molecule has 0 aliphatic heterocycles. The van der Waals surface area contributed by atoms with Crippen molar-refractivity contribution in [1.29, 1.82) is 0 Å². The summed E-state index contributed by atoms with van der Waals surface area (Å²) in [5.41, 5.74) is 0. The number of amides is 1. The highest BCUT2D eigenvalue weighted by Gasteiger charge is 2.08. The van der Waals surface area contributed by atoms with Crippen LogP contribution >= 0.6 is 0 Å². The smallest absolute Gasteiger partial charge is 0.254 e. The van der Waals surface area contributed by atoms with E-state index in [4.69, 9.17) is 9.26 Å². The van der Waals surface area contributed by atoms with Crippen LogP contribution in [0.2, 0.25) is 0 Å². The molecular weight excluding hydrogens is 234 g/mol. The number of hydrogen-bond donors (Lipinski definition) is 1. The van der Waals surface area contributed by atoms with Crippen LogP contribution in [0.15, 0.2) is 35.0 Å². The van der Waals surface area contributed by atoms with E-state index in [1.807, 2.05) is 6.07 Å². The molecule has 0 spiro atoms. The number of nitrogens with one attached hydrogen (secondary N) is 1. The van der Waals surface area contributed by atoms with E-state index in [1.165, 1.54) is 7.11 Å². The molecule has 1 N–H and O–H groups in total. The molecule has 0 fully saturated rings. The Kier molecular flexibility index (Phi) is 3.90. The number of anilines is 1. The summed E-state index contributed by atoms with van der Waals surface area (Å²) in [6, 6.07) is 6.99. The van der Waals surface area contributed by atoms with Gasteiger partial charge >= 0.3 is 0 Å². The molecule has 0 bridgehead atoms. The predicted molar refractivity (Wildman–Crippen MR) is 64.2 cm³/mol. The van der Waals surface area contributed by atoms with Crippen LogP contribution in [0.5, 0.6) is 5.88 Å². The second kappa shape index (κ2) is 5.81. The van der Waals surface area contributed by atoms with Crippen molar-refractivity contribution in [3.05, 3.63) is 36.2 Å². The number of aromatic nitrogens is 2. The highest BCUT2D eigenvalue weighted by molar-refractivity contribution is 5.89. The fourth-order valence-corrected chi connectivity index (χ4v) is 1.39. The molecule has 2 rings (SSSR count). The second-order valence-corrected chi connectivity index (χ2v) is 3.60. The lowest BCUT2D eigenvalue weighted by Gasteiger charge is -2.02. The van der Waals surface area contributed by atoms with Crippen molar-refractivity contribution in [3.8, 4) is 5.88 Å². The summed E-state index contributed by atoms with van der Waals surface area (Å²) in [6.45, 7) is 0. The van der Waals surface area contributed by atoms with Gasteiger partial charge in [-0.3, -0.25) is 4.79 Å². The van der Waals surface area contributed by atoms with Gasteiger partial charge in [0.1, 0.15) is 11.6 Å². The van der Waals surface area contributed by atoms with Gasteiger partial charge in [0, 0.05) is 25.1 Å². The predicted octanol–water partition coefficient (Wildman–Crippen LogP) is 1.65. The number of hydrogen-bond acceptors (Lipinski definition) is 5. The van der Waals surface area contributed by atoms with Crippen LogP contribution in [-0.2, 0) is 11.2 Å². The zero-order valence-electron chi connectivity index (χ0n) is 9.92. The summed E-state index contributed by atoms with van der Waals surface area (Å²) >= 11 is 0. The van der Waals surface area contributed by atoms with Crippen molar-refractivity contribution < 1.29 is 14.1 Å². The molecule has 0 aromatic carbocycles. The lowest BCUT2D eigenvalue weighted by atomic mass is 10.2. The number of methoxy groups -OCH3 is 1. The molecule has 0 radical (unpaired) electrons. The molecular formula is C12H13N3O3. The van der Waals surface area contributed by atoms with Crippen LogP contribution in [-0.4, -0.2) is 23.2 Å². The van der Waals surface area contributed by atoms with Gasteiger partial charge in [0.15, 0.2) is 0 Å². The monoisotopic (exact) mass is 247 g/mol. The van der Waals surface area contributed by atoms with E-state index in [9.17, 15) is 4.79 Å². The third-order valence-electron chi connectivity index (χ3n) is 2.28. The van der Waals surface area contributed by atoms with Gasteiger partial charge in [-0.25, -0.2) is 4.98 Å².